The van der Waals surface area contributed by atoms with E-state index in [4.69, 9.17) is 0 Å². The van der Waals surface area contributed by atoms with Crippen LogP contribution in [0.2, 0.25) is 0 Å². The molecule has 0 saturated heterocycles. The zero-order valence-electron chi connectivity index (χ0n) is 15.8. The SMILES string of the molecule is C=CCN(CC=C)C(=O)C(C)n1nc(-c2c(C)nn(C)c2C)ccc1=O. The first-order valence-electron chi connectivity index (χ1n) is 8.42. The summed E-state index contributed by atoms with van der Waals surface area (Å²) in [5.41, 5.74) is 2.92. The van der Waals surface area contributed by atoms with Crippen LogP contribution in [-0.2, 0) is 11.8 Å². The highest BCUT2D eigenvalue weighted by atomic mass is 16.2. The minimum Gasteiger partial charge on any atom is -0.333 e. The summed E-state index contributed by atoms with van der Waals surface area (Å²) in [6.07, 6.45) is 3.28. The fraction of sp³-hybridized carbons (Fsp3) is 0.368. The molecule has 26 heavy (non-hydrogen) atoms. The first-order chi connectivity index (χ1) is 12.3. The molecule has 0 aromatic carbocycles. The highest BCUT2D eigenvalue weighted by molar-refractivity contribution is 5.80. The van der Waals surface area contributed by atoms with Gasteiger partial charge in [-0.15, -0.1) is 13.2 Å². The van der Waals surface area contributed by atoms with Gasteiger partial charge in [0.15, 0.2) is 0 Å². The van der Waals surface area contributed by atoms with Crippen molar-refractivity contribution < 1.29 is 4.79 Å². The minimum absolute atomic E-state index is 0.212. The summed E-state index contributed by atoms with van der Waals surface area (Å²) in [7, 11) is 1.86. The van der Waals surface area contributed by atoms with E-state index in [0.717, 1.165) is 17.0 Å². The maximum absolute atomic E-state index is 12.8. The van der Waals surface area contributed by atoms with Gasteiger partial charge in [-0.2, -0.15) is 10.2 Å². The van der Waals surface area contributed by atoms with Crippen LogP contribution in [0.3, 0.4) is 0 Å². The fourth-order valence-corrected chi connectivity index (χ4v) is 2.92. The Morgan fingerprint density at radius 2 is 1.85 bits per heavy atom. The van der Waals surface area contributed by atoms with E-state index in [-0.39, 0.29) is 11.5 Å². The van der Waals surface area contributed by atoms with E-state index in [1.54, 1.807) is 34.7 Å². The Balaban J connectivity index is 2.46. The predicted molar refractivity (Wildman–Crippen MR) is 102 cm³/mol. The summed E-state index contributed by atoms with van der Waals surface area (Å²) in [5, 5.41) is 8.84. The van der Waals surface area contributed by atoms with Crippen LogP contribution in [0.4, 0.5) is 0 Å². The van der Waals surface area contributed by atoms with Crippen molar-refractivity contribution in [2.75, 3.05) is 13.1 Å². The first kappa shape index (κ1) is 19.4. The van der Waals surface area contributed by atoms with Crippen molar-refractivity contribution in [1.29, 1.82) is 0 Å². The van der Waals surface area contributed by atoms with Gasteiger partial charge in [-0.1, -0.05) is 12.2 Å². The first-order valence-corrected chi connectivity index (χ1v) is 8.42. The molecule has 138 valence electrons. The lowest BCUT2D eigenvalue weighted by Crippen LogP contribution is -2.40. The Morgan fingerprint density at radius 3 is 2.35 bits per heavy atom. The van der Waals surface area contributed by atoms with Gasteiger partial charge in [-0.25, -0.2) is 4.68 Å². The Labute approximate surface area is 153 Å². The number of carbonyl (C=O) groups is 1. The molecule has 0 N–H and O–H groups in total. The molecule has 2 aromatic rings. The van der Waals surface area contributed by atoms with E-state index < -0.39 is 6.04 Å². The second-order valence-corrected chi connectivity index (χ2v) is 6.17. The van der Waals surface area contributed by atoms with Crippen molar-refractivity contribution in [1.82, 2.24) is 24.5 Å². The van der Waals surface area contributed by atoms with Gasteiger partial charge in [0.25, 0.3) is 5.56 Å². The fourth-order valence-electron chi connectivity index (χ4n) is 2.92. The van der Waals surface area contributed by atoms with Crippen LogP contribution >= 0.6 is 0 Å². The molecule has 1 amide bonds. The normalized spacial score (nSPS) is 11.8. The zero-order valence-corrected chi connectivity index (χ0v) is 15.8. The summed E-state index contributed by atoms with van der Waals surface area (Å²) in [6.45, 7) is 13.6. The Bertz CT molecular complexity index is 884. The van der Waals surface area contributed by atoms with Crippen LogP contribution in [-0.4, -0.2) is 43.5 Å². The third kappa shape index (κ3) is 3.66. The summed E-state index contributed by atoms with van der Waals surface area (Å²) < 4.78 is 3.00. The van der Waals surface area contributed by atoms with Gasteiger partial charge in [0.2, 0.25) is 5.91 Å². The van der Waals surface area contributed by atoms with Crippen LogP contribution in [0.25, 0.3) is 11.3 Å². The Kier molecular flexibility index (Phi) is 5.92. The molecule has 0 aliphatic rings. The number of aromatic nitrogens is 4. The van der Waals surface area contributed by atoms with Gasteiger partial charge < -0.3 is 4.90 Å². The molecule has 2 heterocycles. The van der Waals surface area contributed by atoms with E-state index in [2.05, 4.69) is 23.4 Å². The van der Waals surface area contributed by atoms with Crippen LogP contribution < -0.4 is 5.56 Å². The van der Waals surface area contributed by atoms with Crippen LogP contribution in [0, 0.1) is 13.8 Å². The highest BCUT2D eigenvalue weighted by Gasteiger charge is 2.23. The average Bonchev–Trinajstić information content (AvgIpc) is 2.86. The van der Waals surface area contributed by atoms with Gasteiger partial charge in [-0.3, -0.25) is 14.3 Å². The molecule has 0 spiro atoms. The van der Waals surface area contributed by atoms with E-state index in [9.17, 15) is 9.59 Å². The van der Waals surface area contributed by atoms with Gasteiger partial charge >= 0.3 is 0 Å². The largest absolute Gasteiger partial charge is 0.333 e. The third-order valence-corrected chi connectivity index (χ3v) is 4.33. The molecule has 0 fully saturated rings. The highest BCUT2D eigenvalue weighted by Crippen LogP contribution is 2.24. The van der Waals surface area contributed by atoms with E-state index in [1.807, 2.05) is 20.9 Å². The molecule has 2 rings (SSSR count). The lowest BCUT2D eigenvalue weighted by atomic mass is 10.1. The van der Waals surface area contributed by atoms with Crippen LogP contribution in [0.5, 0.6) is 0 Å². The quantitative estimate of drug-likeness (QED) is 0.712. The molecule has 1 unspecified atom stereocenters. The summed E-state index contributed by atoms with van der Waals surface area (Å²) >= 11 is 0. The molecule has 0 saturated carbocycles. The predicted octanol–water partition coefficient (Wildman–Crippen LogP) is 2.02. The van der Waals surface area contributed by atoms with Crippen molar-refractivity contribution in [2.24, 2.45) is 7.05 Å². The third-order valence-electron chi connectivity index (χ3n) is 4.33. The zero-order chi connectivity index (χ0) is 19.4. The molecule has 0 radical (unpaired) electrons. The van der Waals surface area contributed by atoms with Crippen molar-refractivity contribution >= 4 is 5.91 Å². The number of hydrogen-bond acceptors (Lipinski definition) is 4. The van der Waals surface area contributed by atoms with Crippen molar-refractivity contribution in [2.45, 2.75) is 26.8 Å². The van der Waals surface area contributed by atoms with E-state index in [1.165, 1.54) is 10.7 Å². The van der Waals surface area contributed by atoms with Gasteiger partial charge in [0, 0.05) is 37.5 Å². The number of amides is 1. The van der Waals surface area contributed by atoms with E-state index in [0.29, 0.717) is 18.8 Å². The monoisotopic (exact) mass is 355 g/mol. The van der Waals surface area contributed by atoms with Crippen LogP contribution in [0.15, 0.2) is 42.2 Å². The standard InChI is InChI=1S/C19H25N5O2/c1-7-11-23(12-8-2)19(26)15(5)24-17(25)10-9-16(21-24)18-13(3)20-22(6)14(18)4/h7-10,15H,1-2,11-12H2,3-6H3. The van der Waals surface area contributed by atoms with E-state index >= 15 is 0 Å². The minimum atomic E-state index is -0.736. The average molecular weight is 355 g/mol. The topological polar surface area (TPSA) is 73.0 Å². The molecule has 2 aromatic heterocycles. The summed E-state index contributed by atoms with van der Waals surface area (Å²) in [4.78, 5) is 26.7. The summed E-state index contributed by atoms with van der Waals surface area (Å²) in [5.74, 6) is -0.212. The lowest BCUT2D eigenvalue weighted by Gasteiger charge is -2.24. The van der Waals surface area contributed by atoms with Gasteiger partial charge in [-0.05, 0) is 26.8 Å². The van der Waals surface area contributed by atoms with Gasteiger partial charge in [0.1, 0.15) is 6.04 Å². The van der Waals surface area contributed by atoms with Crippen LogP contribution in [0.1, 0.15) is 24.4 Å². The van der Waals surface area contributed by atoms with Crippen molar-refractivity contribution in [3.8, 4) is 11.3 Å². The second kappa shape index (κ2) is 7.95. The molecule has 7 heteroatoms. The number of nitrogens with zero attached hydrogens (tertiary/aromatic N) is 5. The number of aryl methyl sites for hydroxylation is 2. The lowest BCUT2D eigenvalue weighted by molar-refractivity contribution is -0.133. The Hall–Kier alpha value is -2.96. The molecule has 0 aliphatic carbocycles. The smallest absolute Gasteiger partial charge is 0.267 e. The van der Waals surface area contributed by atoms with Crippen molar-refractivity contribution in [3.05, 3.63) is 59.2 Å². The van der Waals surface area contributed by atoms with Crippen molar-refractivity contribution in [3.63, 3.8) is 0 Å². The number of hydrogen-bond donors (Lipinski definition) is 0. The maximum Gasteiger partial charge on any atom is 0.267 e. The molecule has 1 atom stereocenters. The molecular weight excluding hydrogens is 330 g/mol. The molecular formula is C19H25N5O2. The number of rotatable bonds is 7. The molecule has 0 bridgehead atoms. The van der Waals surface area contributed by atoms with Gasteiger partial charge in [0.05, 0.1) is 11.4 Å². The molecule has 7 nitrogen and oxygen atoms in total. The second-order valence-electron chi connectivity index (χ2n) is 6.17. The molecule has 0 aliphatic heterocycles. The summed E-state index contributed by atoms with van der Waals surface area (Å²) in [6, 6.07) is 2.36. The number of carbonyl (C=O) groups excluding carboxylic acids is 1. The Morgan fingerprint density at radius 1 is 1.23 bits per heavy atom. The maximum atomic E-state index is 12.8.